The molecule has 1 aliphatic rings. The minimum absolute atomic E-state index is 0.589. The molecule has 1 N–H and O–H groups in total. The van der Waals surface area contributed by atoms with E-state index in [1.54, 1.807) is 0 Å². The fourth-order valence-electron chi connectivity index (χ4n) is 3.11. The van der Waals surface area contributed by atoms with Gasteiger partial charge in [0.15, 0.2) is 0 Å². The van der Waals surface area contributed by atoms with Crippen LogP contribution in [0.5, 0.6) is 0 Å². The van der Waals surface area contributed by atoms with E-state index in [9.17, 15) is 0 Å². The Kier molecular flexibility index (Phi) is 4.41. The minimum atomic E-state index is 0.589. The zero-order valence-corrected chi connectivity index (χ0v) is 14.4. The number of nitrogens with one attached hydrogen (secondary N) is 1. The average molecular weight is 334 g/mol. The molecular weight excluding hydrogens is 312 g/mol. The summed E-state index contributed by atoms with van der Waals surface area (Å²) in [6, 6.07) is 14.3. The lowest BCUT2D eigenvalue weighted by Crippen LogP contribution is -2.27. The largest absolute Gasteiger partial charge is 0.356 e. The van der Waals surface area contributed by atoms with Gasteiger partial charge in [-0.1, -0.05) is 37.3 Å². The number of aromatic nitrogens is 5. The van der Waals surface area contributed by atoms with Crippen LogP contribution < -0.4 is 4.90 Å². The first-order chi connectivity index (χ1) is 12.3. The second kappa shape index (κ2) is 7.01. The Hall–Kier alpha value is -2.76. The topological polar surface area (TPSA) is 70.6 Å². The van der Waals surface area contributed by atoms with Gasteiger partial charge >= 0.3 is 0 Å². The lowest BCUT2D eigenvalue weighted by molar-refractivity contribution is 0.699. The Morgan fingerprint density at radius 1 is 1.08 bits per heavy atom. The second-order valence-electron chi connectivity index (χ2n) is 6.55. The highest BCUT2D eigenvalue weighted by molar-refractivity contribution is 5.78. The van der Waals surface area contributed by atoms with Gasteiger partial charge in [-0.2, -0.15) is 5.21 Å². The predicted molar refractivity (Wildman–Crippen MR) is 98.1 cm³/mol. The Labute approximate surface area is 147 Å². The number of rotatable bonds is 7. The summed E-state index contributed by atoms with van der Waals surface area (Å²) in [4.78, 5) is 7.37. The number of anilines is 1. The van der Waals surface area contributed by atoms with E-state index < -0.39 is 0 Å². The van der Waals surface area contributed by atoms with Crippen LogP contribution >= 0.6 is 0 Å². The molecular formula is C19H22N6. The van der Waals surface area contributed by atoms with E-state index in [0.717, 1.165) is 48.1 Å². The minimum Gasteiger partial charge on any atom is -0.356 e. The van der Waals surface area contributed by atoms with Gasteiger partial charge in [-0.15, -0.1) is 10.2 Å². The molecule has 6 heteroatoms. The summed E-state index contributed by atoms with van der Waals surface area (Å²) in [5.41, 5.74) is 2.90. The SMILES string of the molecule is CCCN(CC1CC1)c1cccc(-c2ccccc2-c2nn[nH]n2)n1. The Morgan fingerprint density at radius 3 is 2.64 bits per heavy atom. The molecule has 25 heavy (non-hydrogen) atoms. The summed E-state index contributed by atoms with van der Waals surface area (Å²) in [6.07, 6.45) is 3.82. The van der Waals surface area contributed by atoms with Crippen molar-refractivity contribution in [3.05, 3.63) is 42.5 Å². The van der Waals surface area contributed by atoms with E-state index in [1.807, 2.05) is 24.3 Å². The molecule has 6 nitrogen and oxygen atoms in total. The summed E-state index contributed by atoms with van der Waals surface area (Å²) in [5.74, 6) is 2.48. The molecule has 1 aliphatic carbocycles. The van der Waals surface area contributed by atoms with Crippen molar-refractivity contribution < 1.29 is 0 Å². The Balaban J connectivity index is 1.70. The maximum Gasteiger partial charge on any atom is 0.205 e. The first-order valence-electron chi connectivity index (χ1n) is 8.90. The molecule has 0 radical (unpaired) electrons. The van der Waals surface area contributed by atoms with Crippen LogP contribution in [-0.4, -0.2) is 38.7 Å². The first-order valence-corrected chi connectivity index (χ1v) is 8.90. The van der Waals surface area contributed by atoms with E-state index in [1.165, 1.54) is 12.8 Å². The van der Waals surface area contributed by atoms with Crippen molar-refractivity contribution >= 4 is 5.82 Å². The third-order valence-corrected chi connectivity index (χ3v) is 4.52. The van der Waals surface area contributed by atoms with Gasteiger partial charge in [-0.05, 0) is 42.5 Å². The summed E-state index contributed by atoms with van der Waals surface area (Å²) >= 11 is 0. The molecule has 1 fully saturated rings. The Morgan fingerprint density at radius 2 is 1.92 bits per heavy atom. The maximum atomic E-state index is 4.95. The van der Waals surface area contributed by atoms with Crippen molar-refractivity contribution in [3.8, 4) is 22.6 Å². The van der Waals surface area contributed by atoms with Crippen molar-refractivity contribution in [2.45, 2.75) is 26.2 Å². The zero-order chi connectivity index (χ0) is 17.1. The number of H-pyrrole nitrogens is 1. The molecule has 1 saturated carbocycles. The van der Waals surface area contributed by atoms with Gasteiger partial charge in [0, 0.05) is 24.2 Å². The smallest absolute Gasteiger partial charge is 0.205 e. The first kappa shape index (κ1) is 15.7. The summed E-state index contributed by atoms with van der Waals surface area (Å²) in [7, 11) is 0. The third-order valence-electron chi connectivity index (χ3n) is 4.52. The van der Waals surface area contributed by atoms with Crippen molar-refractivity contribution in [3.63, 3.8) is 0 Å². The number of aromatic amines is 1. The van der Waals surface area contributed by atoms with Gasteiger partial charge in [0.05, 0.1) is 5.69 Å². The number of hydrogen-bond acceptors (Lipinski definition) is 5. The Bertz CT molecular complexity index is 825. The van der Waals surface area contributed by atoms with E-state index in [0.29, 0.717) is 5.82 Å². The highest BCUT2D eigenvalue weighted by Gasteiger charge is 2.25. The highest BCUT2D eigenvalue weighted by Crippen LogP contribution is 2.33. The number of nitrogens with zero attached hydrogens (tertiary/aromatic N) is 5. The molecule has 4 rings (SSSR count). The van der Waals surface area contributed by atoms with Gasteiger partial charge in [-0.3, -0.25) is 0 Å². The zero-order valence-electron chi connectivity index (χ0n) is 14.4. The lowest BCUT2D eigenvalue weighted by Gasteiger charge is -2.23. The normalized spacial score (nSPS) is 13.8. The van der Waals surface area contributed by atoms with Crippen LogP contribution in [0.15, 0.2) is 42.5 Å². The van der Waals surface area contributed by atoms with Crippen molar-refractivity contribution in [1.82, 2.24) is 25.6 Å². The number of hydrogen-bond donors (Lipinski definition) is 1. The molecule has 0 saturated heterocycles. The van der Waals surface area contributed by atoms with Crippen LogP contribution in [-0.2, 0) is 0 Å². The molecule has 0 bridgehead atoms. The molecule has 3 aromatic rings. The molecule has 0 amide bonds. The second-order valence-corrected chi connectivity index (χ2v) is 6.55. The standard InChI is InChI=1S/C19H22N6/c1-2-12-25(13-14-10-11-14)18-9-5-8-17(20-18)15-6-3-4-7-16(15)19-21-23-24-22-19/h3-9,14H,2,10-13H2,1H3,(H,21,22,23,24). The molecule has 0 aliphatic heterocycles. The molecule has 0 atom stereocenters. The van der Waals surface area contributed by atoms with Crippen LogP contribution in [0.4, 0.5) is 5.82 Å². The maximum absolute atomic E-state index is 4.95. The molecule has 0 spiro atoms. The van der Waals surface area contributed by atoms with Gasteiger partial charge < -0.3 is 4.90 Å². The van der Waals surface area contributed by atoms with Crippen LogP contribution in [0, 0.1) is 5.92 Å². The van der Waals surface area contributed by atoms with Gasteiger partial charge in [0.2, 0.25) is 5.82 Å². The predicted octanol–water partition coefficient (Wildman–Crippen LogP) is 3.56. The monoisotopic (exact) mass is 334 g/mol. The summed E-state index contributed by atoms with van der Waals surface area (Å²) in [5, 5.41) is 14.4. The average Bonchev–Trinajstić information content (AvgIpc) is 3.31. The molecule has 0 unspecified atom stereocenters. The van der Waals surface area contributed by atoms with Crippen molar-refractivity contribution in [2.75, 3.05) is 18.0 Å². The molecule has 2 heterocycles. The van der Waals surface area contributed by atoms with E-state index >= 15 is 0 Å². The number of pyridine rings is 1. The van der Waals surface area contributed by atoms with Crippen LogP contribution in [0.25, 0.3) is 22.6 Å². The molecule has 1 aromatic carbocycles. The van der Waals surface area contributed by atoms with Gasteiger partial charge in [-0.25, -0.2) is 4.98 Å². The highest BCUT2D eigenvalue weighted by atomic mass is 15.5. The van der Waals surface area contributed by atoms with E-state index in [2.05, 4.69) is 50.6 Å². The van der Waals surface area contributed by atoms with E-state index in [-0.39, 0.29) is 0 Å². The quantitative estimate of drug-likeness (QED) is 0.715. The van der Waals surface area contributed by atoms with Crippen LogP contribution in [0.1, 0.15) is 26.2 Å². The molecule has 2 aromatic heterocycles. The summed E-state index contributed by atoms with van der Waals surface area (Å²) in [6.45, 7) is 4.37. The number of tetrazole rings is 1. The van der Waals surface area contributed by atoms with Crippen LogP contribution in [0.3, 0.4) is 0 Å². The molecule has 128 valence electrons. The van der Waals surface area contributed by atoms with Gasteiger partial charge in [0.1, 0.15) is 5.82 Å². The summed E-state index contributed by atoms with van der Waals surface area (Å²) < 4.78 is 0. The van der Waals surface area contributed by atoms with Crippen molar-refractivity contribution in [1.29, 1.82) is 0 Å². The van der Waals surface area contributed by atoms with Crippen LogP contribution in [0.2, 0.25) is 0 Å². The van der Waals surface area contributed by atoms with Crippen molar-refractivity contribution in [2.24, 2.45) is 5.92 Å². The lowest BCUT2D eigenvalue weighted by atomic mass is 10.0. The van der Waals surface area contributed by atoms with Gasteiger partial charge in [0.25, 0.3) is 0 Å². The third kappa shape index (κ3) is 3.52. The van der Waals surface area contributed by atoms with E-state index in [4.69, 9.17) is 4.98 Å². The fourth-order valence-corrected chi connectivity index (χ4v) is 3.11. The fraction of sp³-hybridized carbons (Fsp3) is 0.368. The number of benzene rings is 1.